The lowest BCUT2D eigenvalue weighted by molar-refractivity contribution is 0.441. The largest absolute Gasteiger partial charge is 0.364 e. The first-order valence-corrected chi connectivity index (χ1v) is 9.95. The minimum Gasteiger partial charge on any atom is -0.364 e. The summed E-state index contributed by atoms with van der Waals surface area (Å²) in [6.45, 7) is 18.7. The molecule has 1 aliphatic rings. The molecule has 0 heterocycles. The SMILES string of the molecule is CC(C)N(c1ccc(C2CCCCC2)cc1C(C)(C)C)C(C)(C)C. The van der Waals surface area contributed by atoms with Crippen LogP contribution >= 0.6 is 0 Å². The lowest BCUT2D eigenvalue weighted by atomic mass is 9.79. The van der Waals surface area contributed by atoms with Gasteiger partial charge in [0.05, 0.1) is 0 Å². The van der Waals surface area contributed by atoms with Gasteiger partial charge in [-0.2, -0.15) is 0 Å². The van der Waals surface area contributed by atoms with Crippen molar-refractivity contribution in [3.8, 4) is 0 Å². The quantitative estimate of drug-likeness (QED) is 0.574. The Labute approximate surface area is 150 Å². The fraction of sp³-hybridized carbons (Fsp3) is 0.739. The second-order valence-electron chi connectivity index (χ2n) is 10.00. The molecule has 0 atom stereocenters. The molecule has 0 N–H and O–H groups in total. The minimum atomic E-state index is 0.126. The topological polar surface area (TPSA) is 3.24 Å². The Bertz CT molecular complexity index is 536. The first-order chi connectivity index (χ1) is 11.0. The maximum Gasteiger partial charge on any atom is 0.0411 e. The predicted octanol–water partition coefficient (Wildman–Crippen LogP) is 7.05. The monoisotopic (exact) mass is 329 g/mol. The Kier molecular flexibility index (Phi) is 5.72. The molecule has 1 heteroatoms. The highest BCUT2D eigenvalue weighted by atomic mass is 15.2. The fourth-order valence-electron chi connectivity index (χ4n) is 4.47. The molecule has 0 unspecified atom stereocenters. The van der Waals surface area contributed by atoms with E-state index >= 15 is 0 Å². The van der Waals surface area contributed by atoms with Gasteiger partial charge in [0.15, 0.2) is 0 Å². The van der Waals surface area contributed by atoms with E-state index in [1.807, 2.05) is 0 Å². The maximum absolute atomic E-state index is 2.60. The van der Waals surface area contributed by atoms with Gasteiger partial charge in [0.25, 0.3) is 0 Å². The van der Waals surface area contributed by atoms with Crippen molar-refractivity contribution in [2.75, 3.05) is 4.90 Å². The number of nitrogens with zero attached hydrogens (tertiary/aromatic N) is 1. The van der Waals surface area contributed by atoms with Crippen molar-refractivity contribution in [1.29, 1.82) is 0 Å². The van der Waals surface area contributed by atoms with Crippen LogP contribution in [0.3, 0.4) is 0 Å². The van der Waals surface area contributed by atoms with Gasteiger partial charge in [-0.25, -0.2) is 0 Å². The van der Waals surface area contributed by atoms with E-state index in [2.05, 4.69) is 78.5 Å². The Morgan fingerprint density at radius 2 is 1.50 bits per heavy atom. The highest BCUT2D eigenvalue weighted by Crippen LogP contribution is 2.40. The van der Waals surface area contributed by atoms with Gasteiger partial charge in [0.2, 0.25) is 0 Å². The third kappa shape index (κ3) is 4.35. The van der Waals surface area contributed by atoms with Crippen LogP contribution in [-0.2, 0) is 5.41 Å². The Hall–Kier alpha value is -0.980. The third-order valence-electron chi connectivity index (χ3n) is 5.40. The highest BCUT2D eigenvalue weighted by molar-refractivity contribution is 5.60. The summed E-state index contributed by atoms with van der Waals surface area (Å²) in [5.41, 5.74) is 4.79. The van der Waals surface area contributed by atoms with E-state index in [9.17, 15) is 0 Å². The molecule has 24 heavy (non-hydrogen) atoms. The van der Waals surface area contributed by atoms with Crippen LogP contribution in [0.1, 0.15) is 105 Å². The molecule has 136 valence electrons. The molecular weight excluding hydrogens is 290 g/mol. The Morgan fingerprint density at radius 3 is 1.96 bits per heavy atom. The van der Waals surface area contributed by atoms with E-state index < -0.39 is 0 Å². The summed E-state index contributed by atoms with van der Waals surface area (Å²) in [4.78, 5) is 2.60. The number of benzene rings is 1. The summed E-state index contributed by atoms with van der Waals surface area (Å²) in [6.07, 6.45) is 6.97. The van der Waals surface area contributed by atoms with Gasteiger partial charge < -0.3 is 4.90 Å². The van der Waals surface area contributed by atoms with Crippen molar-refractivity contribution in [3.63, 3.8) is 0 Å². The van der Waals surface area contributed by atoms with E-state index in [1.165, 1.54) is 43.4 Å². The third-order valence-corrected chi connectivity index (χ3v) is 5.40. The molecule has 0 saturated heterocycles. The predicted molar refractivity (Wildman–Crippen MR) is 108 cm³/mol. The zero-order valence-corrected chi connectivity index (χ0v) is 17.4. The smallest absolute Gasteiger partial charge is 0.0411 e. The van der Waals surface area contributed by atoms with Crippen LogP contribution < -0.4 is 4.90 Å². The molecule has 1 aromatic rings. The van der Waals surface area contributed by atoms with Crippen molar-refractivity contribution in [1.82, 2.24) is 0 Å². The summed E-state index contributed by atoms with van der Waals surface area (Å²) in [5, 5.41) is 0. The second-order valence-corrected chi connectivity index (χ2v) is 10.00. The average Bonchev–Trinajstić information content (AvgIpc) is 2.45. The van der Waals surface area contributed by atoms with Gasteiger partial charge in [-0.15, -0.1) is 0 Å². The van der Waals surface area contributed by atoms with Gasteiger partial charge in [-0.05, 0) is 76.0 Å². The lowest BCUT2D eigenvalue weighted by Crippen LogP contribution is -2.47. The Morgan fingerprint density at radius 1 is 0.917 bits per heavy atom. The number of hydrogen-bond acceptors (Lipinski definition) is 1. The van der Waals surface area contributed by atoms with Crippen LogP contribution in [0.15, 0.2) is 18.2 Å². The molecule has 0 aliphatic heterocycles. The van der Waals surface area contributed by atoms with E-state index in [0.29, 0.717) is 6.04 Å². The minimum absolute atomic E-state index is 0.126. The van der Waals surface area contributed by atoms with Crippen molar-refractivity contribution in [2.45, 2.75) is 110 Å². The number of rotatable bonds is 3. The van der Waals surface area contributed by atoms with E-state index in [1.54, 1.807) is 5.56 Å². The van der Waals surface area contributed by atoms with Crippen molar-refractivity contribution < 1.29 is 0 Å². The maximum atomic E-state index is 2.60. The zero-order valence-electron chi connectivity index (χ0n) is 17.4. The second kappa shape index (κ2) is 7.10. The summed E-state index contributed by atoms with van der Waals surface area (Å²) in [6, 6.07) is 7.86. The molecule has 1 fully saturated rings. The van der Waals surface area contributed by atoms with Crippen LogP contribution in [0.25, 0.3) is 0 Å². The normalized spacial score (nSPS) is 17.4. The summed E-state index contributed by atoms with van der Waals surface area (Å²) in [5.74, 6) is 0.774. The van der Waals surface area contributed by atoms with Gasteiger partial charge >= 0.3 is 0 Å². The molecule has 1 nitrogen and oxygen atoms in total. The number of hydrogen-bond donors (Lipinski definition) is 0. The van der Waals surface area contributed by atoms with Gasteiger partial charge in [0.1, 0.15) is 0 Å². The zero-order chi connectivity index (χ0) is 18.1. The molecule has 2 rings (SSSR count). The van der Waals surface area contributed by atoms with Crippen molar-refractivity contribution in [3.05, 3.63) is 29.3 Å². The van der Waals surface area contributed by atoms with E-state index in [-0.39, 0.29) is 11.0 Å². The van der Waals surface area contributed by atoms with Crippen molar-refractivity contribution >= 4 is 5.69 Å². The standard InChI is InChI=1S/C23H39N/c1-17(2)24(23(6,7)8)21-15-14-19(16-20(21)22(3,4)5)18-12-10-9-11-13-18/h14-18H,9-13H2,1-8H3. The molecule has 1 aromatic carbocycles. The first-order valence-electron chi connectivity index (χ1n) is 9.95. The molecule has 1 aliphatic carbocycles. The molecule has 0 aromatic heterocycles. The number of anilines is 1. The highest BCUT2D eigenvalue weighted by Gasteiger charge is 2.30. The molecule has 0 bridgehead atoms. The average molecular weight is 330 g/mol. The van der Waals surface area contributed by atoms with Gasteiger partial charge in [0, 0.05) is 17.3 Å². The summed E-state index contributed by atoms with van der Waals surface area (Å²) < 4.78 is 0. The van der Waals surface area contributed by atoms with Crippen molar-refractivity contribution in [2.24, 2.45) is 0 Å². The molecule has 0 radical (unpaired) electrons. The fourth-order valence-corrected chi connectivity index (χ4v) is 4.47. The summed E-state index contributed by atoms with van der Waals surface area (Å²) in [7, 11) is 0. The van der Waals surface area contributed by atoms with Crippen LogP contribution in [0, 0.1) is 0 Å². The van der Waals surface area contributed by atoms with E-state index in [0.717, 1.165) is 5.92 Å². The van der Waals surface area contributed by atoms with Crippen LogP contribution in [-0.4, -0.2) is 11.6 Å². The van der Waals surface area contributed by atoms with Crippen LogP contribution in [0.4, 0.5) is 5.69 Å². The van der Waals surface area contributed by atoms with Crippen LogP contribution in [0.5, 0.6) is 0 Å². The molecular formula is C23H39N. The molecule has 0 amide bonds. The summed E-state index contributed by atoms with van der Waals surface area (Å²) >= 11 is 0. The first kappa shape index (κ1) is 19.3. The Balaban J connectivity index is 2.51. The van der Waals surface area contributed by atoms with Gasteiger partial charge in [-0.1, -0.05) is 52.2 Å². The molecule has 1 saturated carbocycles. The van der Waals surface area contributed by atoms with Gasteiger partial charge in [-0.3, -0.25) is 0 Å². The molecule has 0 spiro atoms. The van der Waals surface area contributed by atoms with E-state index in [4.69, 9.17) is 0 Å². The van der Waals surface area contributed by atoms with Crippen LogP contribution in [0.2, 0.25) is 0 Å². The lowest BCUT2D eigenvalue weighted by Gasteiger charge is -2.44.